The second-order valence-corrected chi connectivity index (χ2v) is 3.12. The number of nitrogens with two attached hydrogens (primary N) is 1. The van der Waals surface area contributed by atoms with E-state index in [1.807, 2.05) is 31.2 Å². The normalized spacial score (nSPS) is 10.5. The van der Waals surface area contributed by atoms with Crippen LogP contribution in [0.25, 0.3) is 10.9 Å². The summed E-state index contributed by atoms with van der Waals surface area (Å²) in [7, 11) is 5.64. The highest BCUT2D eigenvalue weighted by Gasteiger charge is 1.99. The molecule has 2 rings (SSSR count). The van der Waals surface area contributed by atoms with Crippen molar-refractivity contribution >= 4 is 29.9 Å². The number of nitrogen functional groups attached to an aromatic ring is 1. The van der Waals surface area contributed by atoms with Gasteiger partial charge in [0, 0.05) is 5.39 Å². The molecule has 2 radical (unpaired) electrons. The van der Waals surface area contributed by atoms with E-state index < -0.39 is 0 Å². The molecule has 0 aliphatic rings. The highest BCUT2D eigenvalue weighted by atomic mass is 14.7. The predicted molar refractivity (Wildman–Crippen MR) is 56.3 cm³/mol. The summed E-state index contributed by atoms with van der Waals surface area (Å²) < 4.78 is 0. The van der Waals surface area contributed by atoms with Crippen molar-refractivity contribution in [2.24, 2.45) is 0 Å². The first kappa shape index (κ1) is 8.11. The van der Waals surface area contributed by atoms with E-state index >= 15 is 0 Å². The molecule has 2 nitrogen and oxygen atoms in total. The Morgan fingerprint density at radius 1 is 1.31 bits per heavy atom. The Bertz CT molecular complexity index is 466. The molecule has 0 saturated heterocycles. The van der Waals surface area contributed by atoms with Crippen molar-refractivity contribution in [2.45, 2.75) is 6.92 Å². The molecule has 13 heavy (non-hydrogen) atoms. The lowest BCUT2D eigenvalue weighted by atomic mass is 9.95. The molecule has 0 bridgehead atoms. The molecule has 62 valence electrons. The van der Waals surface area contributed by atoms with E-state index in [-0.39, 0.29) is 0 Å². The minimum absolute atomic E-state index is 0.720. The van der Waals surface area contributed by atoms with E-state index in [9.17, 15) is 0 Å². The number of hydrogen-bond donors (Lipinski definition) is 1. The van der Waals surface area contributed by atoms with Gasteiger partial charge in [-0.1, -0.05) is 17.6 Å². The SMILES string of the molecule is [B]c1ccc2cc(N)c(C)nc2c1. The standard InChI is InChI=1S/C10H9BN2/c1-6-9(12)4-7-2-3-8(11)5-10(7)13-6/h2-5H,12H2,1H3. The monoisotopic (exact) mass is 168 g/mol. The number of hydrogen-bond acceptors (Lipinski definition) is 2. The van der Waals surface area contributed by atoms with Gasteiger partial charge in [-0.25, -0.2) is 0 Å². The van der Waals surface area contributed by atoms with Crippen LogP contribution in [-0.2, 0) is 0 Å². The molecule has 0 atom stereocenters. The summed E-state index contributed by atoms with van der Waals surface area (Å²) >= 11 is 0. The van der Waals surface area contributed by atoms with Crippen LogP contribution >= 0.6 is 0 Å². The summed E-state index contributed by atoms with van der Waals surface area (Å²) in [6.07, 6.45) is 0. The van der Waals surface area contributed by atoms with Gasteiger partial charge in [-0.05, 0) is 19.1 Å². The van der Waals surface area contributed by atoms with Gasteiger partial charge in [0.15, 0.2) is 0 Å². The summed E-state index contributed by atoms with van der Waals surface area (Å²) in [6, 6.07) is 7.53. The highest BCUT2D eigenvalue weighted by Crippen LogP contribution is 2.16. The Labute approximate surface area is 78.2 Å². The van der Waals surface area contributed by atoms with Crippen molar-refractivity contribution in [3.63, 3.8) is 0 Å². The summed E-state index contributed by atoms with van der Waals surface area (Å²) in [5, 5.41) is 1.03. The number of pyridine rings is 1. The quantitative estimate of drug-likeness (QED) is 0.594. The Balaban J connectivity index is 2.81. The highest BCUT2D eigenvalue weighted by molar-refractivity contribution is 6.33. The fourth-order valence-electron chi connectivity index (χ4n) is 1.30. The van der Waals surface area contributed by atoms with Gasteiger partial charge in [0.05, 0.1) is 16.9 Å². The third kappa shape index (κ3) is 1.37. The lowest BCUT2D eigenvalue weighted by Crippen LogP contribution is -2.02. The van der Waals surface area contributed by atoms with Crippen LogP contribution in [-0.4, -0.2) is 12.8 Å². The summed E-state index contributed by atoms with van der Waals surface area (Å²) in [5.74, 6) is 0. The average Bonchev–Trinajstić information content (AvgIpc) is 2.08. The maximum absolute atomic E-state index is 5.73. The average molecular weight is 168 g/mol. The Hall–Kier alpha value is -1.51. The van der Waals surface area contributed by atoms with E-state index in [1.165, 1.54) is 0 Å². The molecule has 0 spiro atoms. The van der Waals surface area contributed by atoms with Crippen LogP contribution in [0, 0.1) is 6.92 Å². The number of nitrogens with zero attached hydrogens (tertiary/aromatic N) is 1. The smallest absolute Gasteiger partial charge is 0.113 e. The van der Waals surface area contributed by atoms with Gasteiger partial charge in [0.25, 0.3) is 0 Å². The predicted octanol–water partition coefficient (Wildman–Crippen LogP) is 0.919. The lowest BCUT2D eigenvalue weighted by Gasteiger charge is -2.03. The zero-order valence-corrected chi connectivity index (χ0v) is 7.41. The maximum atomic E-state index is 5.73. The second kappa shape index (κ2) is 2.77. The number of rotatable bonds is 0. The molecule has 2 aromatic rings. The van der Waals surface area contributed by atoms with E-state index in [0.29, 0.717) is 0 Å². The minimum atomic E-state index is 0.720. The molecule has 0 amide bonds. The molecule has 0 saturated carbocycles. The molecule has 0 aliphatic heterocycles. The fraction of sp³-hybridized carbons (Fsp3) is 0.100. The van der Waals surface area contributed by atoms with Crippen molar-refractivity contribution in [2.75, 3.05) is 5.73 Å². The van der Waals surface area contributed by atoms with Crippen LogP contribution in [0.3, 0.4) is 0 Å². The van der Waals surface area contributed by atoms with Gasteiger partial charge in [0.1, 0.15) is 7.85 Å². The summed E-state index contributed by atoms with van der Waals surface area (Å²) in [5.41, 5.74) is 8.92. The number of anilines is 1. The van der Waals surface area contributed by atoms with Crippen molar-refractivity contribution in [1.29, 1.82) is 0 Å². The molecule has 0 fully saturated rings. The molecule has 1 aromatic heterocycles. The van der Waals surface area contributed by atoms with Crippen molar-refractivity contribution in [3.8, 4) is 0 Å². The molecular weight excluding hydrogens is 159 g/mol. The first-order valence-corrected chi connectivity index (χ1v) is 4.09. The van der Waals surface area contributed by atoms with Crippen LogP contribution in [0.1, 0.15) is 5.69 Å². The first-order chi connectivity index (χ1) is 6.16. The number of aryl methyl sites for hydroxylation is 1. The Morgan fingerprint density at radius 3 is 2.85 bits per heavy atom. The maximum Gasteiger partial charge on any atom is 0.113 e. The van der Waals surface area contributed by atoms with Gasteiger partial charge in [-0.2, -0.15) is 0 Å². The fourth-order valence-corrected chi connectivity index (χ4v) is 1.30. The minimum Gasteiger partial charge on any atom is -0.397 e. The lowest BCUT2D eigenvalue weighted by molar-refractivity contribution is 1.26. The van der Waals surface area contributed by atoms with Gasteiger partial charge in [-0.15, -0.1) is 0 Å². The number of aromatic nitrogens is 1. The Kier molecular flexibility index (Phi) is 1.73. The van der Waals surface area contributed by atoms with Gasteiger partial charge in [-0.3, -0.25) is 4.98 Å². The van der Waals surface area contributed by atoms with Gasteiger partial charge in [0.2, 0.25) is 0 Å². The largest absolute Gasteiger partial charge is 0.397 e. The molecule has 0 unspecified atom stereocenters. The molecule has 1 aromatic carbocycles. The first-order valence-electron chi connectivity index (χ1n) is 4.09. The van der Waals surface area contributed by atoms with Gasteiger partial charge < -0.3 is 5.73 Å². The van der Waals surface area contributed by atoms with Crippen molar-refractivity contribution in [3.05, 3.63) is 30.0 Å². The van der Waals surface area contributed by atoms with Crippen molar-refractivity contribution < 1.29 is 0 Å². The molecule has 2 N–H and O–H groups in total. The zero-order chi connectivity index (χ0) is 9.42. The molecular formula is C10H9BN2. The van der Waals surface area contributed by atoms with Crippen LogP contribution in [0.15, 0.2) is 24.3 Å². The van der Waals surface area contributed by atoms with Crippen LogP contribution in [0.2, 0.25) is 0 Å². The third-order valence-corrected chi connectivity index (χ3v) is 2.07. The zero-order valence-electron chi connectivity index (χ0n) is 7.41. The van der Waals surface area contributed by atoms with Gasteiger partial charge >= 0.3 is 0 Å². The van der Waals surface area contributed by atoms with E-state index in [4.69, 9.17) is 13.6 Å². The van der Waals surface area contributed by atoms with Crippen molar-refractivity contribution in [1.82, 2.24) is 4.98 Å². The topological polar surface area (TPSA) is 38.9 Å². The van der Waals surface area contributed by atoms with Crippen LogP contribution in [0.4, 0.5) is 5.69 Å². The summed E-state index contributed by atoms with van der Waals surface area (Å²) in [4.78, 5) is 4.33. The molecule has 1 heterocycles. The second-order valence-electron chi connectivity index (χ2n) is 3.12. The summed E-state index contributed by atoms with van der Waals surface area (Å²) in [6.45, 7) is 1.89. The number of benzene rings is 1. The van der Waals surface area contributed by atoms with E-state index in [1.54, 1.807) is 0 Å². The molecule has 0 aliphatic carbocycles. The van der Waals surface area contributed by atoms with E-state index in [2.05, 4.69) is 4.98 Å². The van der Waals surface area contributed by atoms with E-state index in [0.717, 1.165) is 27.7 Å². The van der Waals surface area contributed by atoms with Crippen LogP contribution in [0.5, 0.6) is 0 Å². The van der Waals surface area contributed by atoms with Crippen LogP contribution < -0.4 is 11.2 Å². The Morgan fingerprint density at radius 2 is 2.08 bits per heavy atom. The number of fused-ring (bicyclic) bond motifs is 1. The molecule has 3 heteroatoms. The third-order valence-electron chi connectivity index (χ3n) is 2.07.